The van der Waals surface area contributed by atoms with Crippen molar-refractivity contribution in [2.45, 2.75) is 51.6 Å². The summed E-state index contributed by atoms with van der Waals surface area (Å²) in [7, 11) is 0. The fraction of sp³-hybridized carbons (Fsp3) is 0.400. The second-order valence-corrected chi connectivity index (χ2v) is 7.80. The van der Waals surface area contributed by atoms with Crippen molar-refractivity contribution in [1.82, 2.24) is 15.6 Å². The molecule has 5 heteroatoms. The van der Waals surface area contributed by atoms with E-state index in [9.17, 15) is 4.79 Å². The van der Waals surface area contributed by atoms with E-state index in [1.807, 2.05) is 70.3 Å². The Hall–Kier alpha value is -2.07. The van der Waals surface area contributed by atoms with Gasteiger partial charge in [0, 0.05) is 34.9 Å². The molecule has 2 unspecified atom stereocenters. The second-order valence-electron chi connectivity index (χ2n) is 7.36. The lowest BCUT2D eigenvalue weighted by Gasteiger charge is -2.28. The molecule has 2 atom stereocenters. The molecule has 4 nitrogen and oxygen atoms in total. The number of halogens is 1. The van der Waals surface area contributed by atoms with Crippen molar-refractivity contribution in [3.05, 3.63) is 64.9 Å². The van der Waals surface area contributed by atoms with Crippen LogP contribution in [-0.4, -0.2) is 22.6 Å². The number of amides is 2. The van der Waals surface area contributed by atoms with Crippen molar-refractivity contribution in [3.63, 3.8) is 0 Å². The largest absolute Gasteiger partial charge is 0.335 e. The van der Waals surface area contributed by atoms with Crippen LogP contribution in [0.5, 0.6) is 0 Å². The van der Waals surface area contributed by atoms with E-state index in [0.717, 1.165) is 17.0 Å². The van der Waals surface area contributed by atoms with Crippen LogP contribution in [-0.2, 0) is 6.42 Å². The normalized spacial score (nSPS) is 13.8. The van der Waals surface area contributed by atoms with Crippen LogP contribution < -0.4 is 10.6 Å². The fourth-order valence-corrected chi connectivity index (χ4v) is 2.86. The van der Waals surface area contributed by atoms with E-state index in [1.54, 1.807) is 6.20 Å². The minimum absolute atomic E-state index is 0.0535. The molecule has 0 aliphatic carbocycles. The molecule has 0 aliphatic rings. The third-order valence-corrected chi connectivity index (χ3v) is 4.18. The van der Waals surface area contributed by atoms with Crippen molar-refractivity contribution in [3.8, 4) is 0 Å². The Bertz CT molecular complexity index is 680. The van der Waals surface area contributed by atoms with Crippen molar-refractivity contribution in [2.75, 3.05) is 0 Å². The van der Waals surface area contributed by atoms with Crippen molar-refractivity contribution in [2.24, 2.45) is 0 Å². The molecule has 0 saturated heterocycles. The lowest BCUT2D eigenvalue weighted by atomic mass is 9.87. The van der Waals surface area contributed by atoms with Crippen LogP contribution in [0.3, 0.4) is 0 Å². The minimum Gasteiger partial charge on any atom is -0.335 e. The second kappa shape index (κ2) is 8.34. The van der Waals surface area contributed by atoms with Crippen LogP contribution in [0.2, 0.25) is 5.02 Å². The number of nitrogens with one attached hydrogen (secondary N) is 2. The van der Waals surface area contributed by atoms with Gasteiger partial charge in [-0.2, -0.15) is 0 Å². The van der Waals surface area contributed by atoms with Crippen molar-refractivity contribution in [1.29, 1.82) is 0 Å². The maximum atomic E-state index is 12.2. The maximum absolute atomic E-state index is 12.2. The molecule has 2 amide bonds. The number of rotatable bonds is 5. The molecule has 1 aromatic carbocycles. The Kier molecular flexibility index (Phi) is 6.43. The van der Waals surface area contributed by atoms with E-state index in [2.05, 4.69) is 15.6 Å². The molecule has 25 heavy (non-hydrogen) atoms. The van der Waals surface area contributed by atoms with Gasteiger partial charge in [0.25, 0.3) is 0 Å². The van der Waals surface area contributed by atoms with Gasteiger partial charge in [-0.3, -0.25) is 4.98 Å². The van der Waals surface area contributed by atoms with E-state index in [1.165, 1.54) is 5.56 Å². The highest BCUT2D eigenvalue weighted by Gasteiger charge is 2.23. The zero-order valence-electron chi connectivity index (χ0n) is 15.2. The van der Waals surface area contributed by atoms with Crippen molar-refractivity contribution >= 4 is 17.6 Å². The number of hydrogen-bond acceptors (Lipinski definition) is 2. The molecule has 2 aromatic rings. The molecule has 0 spiro atoms. The van der Waals surface area contributed by atoms with Crippen LogP contribution >= 0.6 is 11.6 Å². The number of hydrogen-bond donors (Lipinski definition) is 2. The third kappa shape index (κ3) is 6.39. The zero-order valence-corrected chi connectivity index (χ0v) is 16.0. The van der Waals surface area contributed by atoms with E-state index in [4.69, 9.17) is 11.6 Å². The third-order valence-electron chi connectivity index (χ3n) is 3.93. The Morgan fingerprint density at radius 1 is 1.20 bits per heavy atom. The summed E-state index contributed by atoms with van der Waals surface area (Å²) in [5.74, 6) is 0.112. The quantitative estimate of drug-likeness (QED) is 0.822. The summed E-state index contributed by atoms with van der Waals surface area (Å²) in [6.45, 7) is 7.91. The lowest BCUT2D eigenvalue weighted by molar-refractivity contribution is 0.227. The number of carbonyl (C=O) groups excluding carboxylic acids is 1. The summed E-state index contributed by atoms with van der Waals surface area (Å²) in [5, 5.41) is 6.73. The Morgan fingerprint density at radius 3 is 2.44 bits per heavy atom. The molecule has 134 valence electrons. The Morgan fingerprint density at radius 2 is 1.88 bits per heavy atom. The summed E-state index contributed by atoms with van der Waals surface area (Å²) in [6, 6.07) is 11.6. The predicted octanol–water partition coefficient (Wildman–Crippen LogP) is 4.55. The van der Waals surface area contributed by atoms with Crippen LogP contribution in [0, 0.1) is 0 Å². The molecule has 0 bridgehead atoms. The van der Waals surface area contributed by atoms with Gasteiger partial charge in [0.1, 0.15) is 0 Å². The first-order chi connectivity index (χ1) is 11.7. The number of aromatic nitrogens is 1. The fourth-order valence-electron chi connectivity index (χ4n) is 2.74. The number of urea groups is 1. The first-order valence-electron chi connectivity index (χ1n) is 8.47. The summed E-state index contributed by atoms with van der Waals surface area (Å²) < 4.78 is 0. The van der Waals surface area contributed by atoms with Crippen LogP contribution in [0.25, 0.3) is 0 Å². The molecule has 2 rings (SSSR count). The summed E-state index contributed by atoms with van der Waals surface area (Å²) >= 11 is 5.98. The van der Waals surface area contributed by atoms with Gasteiger partial charge in [-0.25, -0.2) is 4.79 Å². The summed E-state index contributed by atoms with van der Waals surface area (Å²) in [5.41, 5.74) is 1.99. The van der Waals surface area contributed by atoms with Gasteiger partial charge < -0.3 is 10.6 Å². The monoisotopic (exact) mass is 359 g/mol. The van der Waals surface area contributed by atoms with E-state index in [-0.39, 0.29) is 23.5 Å². The van der Waals surface area contributed by atoms with Gasteiger partial charge in [0.2, 0.25) is 0 Å². The highest BCUT2D eigenvalue weighted by molar-refractivity contribution is 6.30. The van der Waals surface area contributed by atoms with Gasteiger partial charge in [-0.1, -0.05) is 29.8 Å². The van der Waals surface area contributed by atoms with Gasteiger partial charge in [0.15, 0.2) is 0 Å². The Balaban J connectivity index is 2.16. The maximum Gasteiger partial charge on any atom is 0.315 e. The number of carbonyl (C=O) groups is 1. The van der Waals surface area contributed by atoms with E-state index < -0.39 is 0 Å². The minimum atomic E-state index is -0.274. The first-order valence-corrected chi connectivity index (χ1v) is 8.85. The van der Waals surface area contributed by atoms with Gasteiger partial charge >= 0.3 is 6.03 Å². The molecular formula is C20H26ClN3O. The molecular weight excluding hydrogens is 334 g/mol. The SMILES string of the molecule is CC(NC(=O)NC(C)(C)C)C(Cc1ccc(Cl)cc1)c1cccnc1. The van der Waals surface area contributed by atoms with E-state index >= 15 is 0 Å². The molecule has 1 heterocycles. The number of benzene rings is 1. The smallest absolute Gasteiger partial charge is 0.315 e. The highest BCUT2D eigenvalue weighted by atomic mass is 35.5. The molecule has 2 N–H and O–H groups in total. The average molecular weight is 360 g/mol. The molecule has 0 saturated carbocycles. The topological polar surface area (TPSA) is 54.0 Å². The van der Waals surface area contributed by atoms with Crippen LogP contribution in [0.1, 0.15) is 44.7 Å². The number of nitrogens with zero attached hydrogens (tertiary/aromatic N) is 1. The Labute approximate surface area is 155 Å². The van der Waals surface area contributed by atoms with Crippen molar-refractivity contribution < 1.29 is 4.79 Å². The summed E-state index contributed by atoms with van der Waals surface area (Å²) in [4.78, 5) is 16.5. The van der Waals surface area contributed by atoms with Gasteiger partial charge in [-0.05, 0) is 63.4 Å². The van der Waals surface area contributed by atoms with Gasteiger partial charge in [0.05, 0.1) is 0 Å². The molecule has 1 aromatic heterocycles. The number of pyridine rings is 1. The molecule has 0 fully saturated rings. The zero-order chi connectivity index (χ0) is 18.4. The molecule has 0 radical (unpaired) electrons. The van der Waals surface area contributed by atoms with Crippen LogP contribution in [0.15, 0.2) is 48.8 Å². The standard InChI is InChI=1S/C20H26ClN3O/c1-14(23-19(25)24-20(2,3)4)18(16-6-5-11-22-13-16)12-15-7-9-17(21)10-8-15/h5-11,13-14,18H,12H2,1-4H3,(H2,23,24,25). The van der Waals surface area contributed by atoms with E-state index in [0.29, 0.717) is 0 Å². The highest BCUT2D eigenvalue weighted by Crippen LogP contribution is 2.25. The first kappa shape index (κ1) is 19.3. The van der Waals surface area contributed by atoms with Crippen LogP contribution in [0.4, 0.5) is 4.79 Å². The average Bonchev–Trinajstić information content (AvgIpc) is 2.53. The summed E-state index contributed by atoms with van der Waals surface area (Å²) in [6.07, 6.45) is 4.41. The lowest BCUT2D eigenvalue weighted by Crippen LogP contribution is -2.50. The van der Waals surface area contributed by atoms with Gasteiger partial charge in [-0.15, -0.1) is 0 Å². The predicted molar refractivity (Wildman–Crippen MR) is 103 cm³/mol. The molecule has 0 aliphatic heterocycles.